The van der Waals surface area contributed by atoms with Gasteiger partial charge in [0.1, 0.15) is 0 Å². The summed E-state index contributed by atoms with van der Waals surface area (Å²) in [6, 6.07) is 0.371. The minimum absolute atomic E-state index is 0.0758. The molecular weight excluding hydrogens is 306 g/mol. The number of likely N-dealkylation sites (tertiary alicyclic amines) is 1. The zero-order valence-corrected chi connectivity index (χ0v) is 14.6. The molecule has 7 nitrogen and oxygen atoms in total. The Morgan fingerprint density at radius 1 is 1.29 bits per heavy atom. The van der Waals surface area contributed by atoms with Gasteiger partial charge in [-0.1, -0.05) is 5.21 Å². The summed E-state index contributed by atoms with van der Waals surface area (Å²) >= 11 is 0. The molecule has 1 aliphatic carbocycles. The minimum Gasteiger partial charge on any atom is -0.348 e. The Morgan fingerprint density at radius 2 is 2.08 bits per heavy atom. The van der Waals surface area contributed by atoms with E-state index in [1.54, 1.807) is 10.9 Å². The van der Waals surface area contributed by atoms with E-state index >= 15 is 0 Å². The first-order valence-corrected chi connectivity index (χ1v) is 9.06. The van der Waals surface area contributed by atoms with Gasteiger partial charge in [-0.15, -0.1) is 5.10 Å². The molecule has 0 unspecified atom stereocenters. The van der Waals surface area contributed by atoms with Crippen molar-refractivity contribution in [3.63, 3.8) is 0 Å². The molecule has 1 atom stereocenters. The van der Waals surface area contributed by atoms with Gasteiger partial charge in [0.25, 0.3) is 5.91 Å². The largest absolute Gasteiger partial charge is 0.348 e. The third kappa shape index (κ3) is 4.13. The molecular formula is C17H27N5O2. The lowest BCUT2D eigenvalue weighted by atomic mass is 9.98. The maximum absolute atomic E-state index is 12.4. The minimum atomic E-state index is -0.195. The standard InChI is InChI=1S/C17H27N5O2/c1-12(2)18-16(23)15-11-21(20-19-15)10-8-14-5-3-4-9-22(14)17(24)13-6-7-13/h11-14H,3-10H2,1-2H3,(H,18,23)/t14-/m0/s1. The van der Waals surface area contributed by atoms with Crippen LogP contribution in [0.15, 0.2) is 6.20 Å². The Hall–Kier alpha value is -1.92. The third-order valence-electron chi connectivity index (χ3n) is 4.72. The molecule has 1 aliphatic heterocycles. The summed E-state index contributed by atoms with van der Waals surface area (Å²) in [4.78, 5) is 26.4. The third-order valence-corrected chi connectivity index (χ3v) is 4.72. The van der Waals surface area contributed by atoms with Crippen molar-refractivity contribution >= 4 is 11.8 Å². The number of nitrogens with one attached hydrogen (secondary N) is 1. The molecule has 1 aromatic rings. The van der Waals surface area contributed by atoms with Gasteiger partial charge in [-0.2, -0.15) is 0 Å². The van der Waals surface area contributed by atoms with E-state index in [0.29, 0.717) is 24.2 Å². The number of rotatable bonds is 6. The molecule has 0 spiro atoms. The Balaban J connectivity index is 1.55. The maximum atomic E-state index is 12.4. The Kier molecular flexibility index (Phi) is 5.16. The van der Waals surface area contributed by atoms with Crippen LogP contribution in [0.3, 0.4) is 0 Å². The fourth-order valence-electron chi connectivity index (χ4n) is 3.28. The van der Waals surface area contributed by atoms with Gasteiger partial charge in [-0.05, 0) is 52.4 Å². The van der Waals surface area contributed by atoms with Gasteiger partial charge in [0.05, 0.1) is 6.20 Å². The highest BCUT2D eigenvalue weighted by atomic mass is 16.2. The molecule has 1 saturated carbocycles. The van der Waals surface area contributed by atoms with Crippen LogP contribution in [-0.2, 0) is 11.3 Å². The smallest absolute Gasteiger partial charge is 0.273 e. The highest BCUT2D eigenvalue weighted by Gasteiger charge is 2.37. The predicted molar refractivity (Wildman–Crippen MR) is 89.3 cm³/mol. The van der Waals surface area contributed by atoms with Crippen molar-refractivity contribution in [2.24, 2.45) is 5.92 Å². The van der Waals surface area contributed by atoms with E-state index in [9.17, 15) is 9.59 Å². The van der Waals surface area contributed by atoms with E-state index in [2.05, 4.69) is 20.5 Å². The number of carbonyl (C=O) groups excluding carboxylic acids is 2. The van der Waals surface area contributed by atoms with E-state index in [0.717, 1.165) is 38.6 Å². The summed E-state index contributed by atoms with van der Waals surface area (Å²) in [5.74, 6) is 0.429. The highest BCUT2D eigenvalue weighted by molar-refractivity contribution is 5.91. The van der Waals surface area contributed by atoms with Crippen LogP contribution in [0.5, 0.6) is 0 Å². The van der Waals surface area contributed by atoms with E-state index in [-0.39, 0.29) is 17.9 Å². The maximum Gasteiger partial charge on any atom is 0.273 e. The second kappa shape index (κ2) is 7.32. The lowest BCUT2D eigenvalue weighted by Crippen LogP contribution is -2.45. The molecule has 2 aliphatic rings. The summed E-state index contributed by atoms with van der Waals surface area (Å²) in [5, 5.41) is 10.8. The summed E-state index contributed by atoms with van der Waals surface area (Å²) in [5.41, 5.74) is 0.346. The monoisotopic (exact) mass is 333 g/mol. The number of aromatic nitrogens is 3. The molecule has 1 N–H and O–H groups in total. The second-order valence-corrected chi connectivity index (χ2v) is 7.24. The van der Waals surface area contributed by atoms with Gasteiger partial charge in [0.15, 0.2) is 5.69 Å². The lowest BCUT2D eigenvalue weighted by Gasteiger charge is -2.36. The molecule has 0 aromatic carbocycles. The summed E-state index contributed by atoms with van der Waals surface area (Å²) < 4.78 is 1.71. The molecule has 1 aromatic heterocycles. The molecule has 2 heterocycles. The average molecular weight is 333 g/mol. The van der Waals surface area contributed by atoms with E-state index in [4.69, 9.17) is 0 Å². The highest BCUT2D eigenvalue weighted by Crippen LogP contribution is 2.33. The van der Waals surface area contributed by atoms with Gasteiger partial charge in [-0.3, -0.25) is 14.3 Å². The van der Waals surface area contributed by atoms with Crippen molar-refractivity contribution in [2.45, 2.75) is 71.0 Å². The van der Waals surface area contributed by atoms with E-state index in [1.807, 2.05) is 13.8 Å². The topological polar surface area (TPSA) is 80.1 Å². The van der Waals surface area contributed by atoms with Crippen LogP contribution >= 0.6 is 0 Å². The molecule has 24 heavy (non-hydrogen) atoms. The van der Waals surface area contributed by atoms with Crippen molar-refractivity contribution in [1.29, 1.82) is 0 Å². The quantitative estimate of drug-likeness (QED) is 0.857. The van der Waals surface area contributed by atoms with Crippen LogP contribution in [0.1, 0.15) is 62.9 Å². The number of amides is 2. The predicted octanol–water partition coefficient (Wildman–Crippen LogP) is 1.60. The first-order chi connectivity index (χ1) is 11.5. The van der Waals surface area contributed by atoms with Crippen molar-refractivity contribution in [3.8, 4) is 0 Å². The van der Waals surface area contributed by atoms with Gasteiger partial charge in [0.2, 0.25) is 5.91 Å². The molecule has 132 valence electrons. The Labute approximate surface area is 142 Å². The molecule has 1 saturated heterocycles. The Bertz CT molecular complexity index is 594. The molecule has 3 rings (SSSR count). The van der Waals surface area contributed by atoms with E-state index < -0.39 is 0 Å². The summed E-state index contributed by atoms with van der Waals surface area (Å²) in [7, 11) is 0. The van der Waals surface area contributed by atoms with Gasteiger partial charge < -0.3 is 10.2 Å². The van der Waals surface area contributed by atoms with Crippen LogP contribution in [0.2, 0.25) is 0 Å². The van der Waals surface area contributed by atoms with Crippen LogP contribution in [0, 0.1) is 5.92 Å². The van der Waals surface area contributed by atoms with Crippen LogP contribution < -0.4 is 5.32 Å². The van der Waals surface area contributed by atoms with Crippen molar-refractivity contribution < 1.29 is 9.59 Å². The fourth-order valence-corrected chi connectivity index (χ4v) is 3.28. The van der Waals surface area contributed by atoms with Gasteiger partial charge >= 0.3 is 0 Å². The number of carbonyl (C=O) groups is 2. The molecule has 2 fully saturated rings. The first kappa shape index (κ1) is 16.9. The van der Waals surface area contributed by atoms with Crippen LogP contribution in [-0.4, -0.2) is 50.3 Å². The van der Waals surface area contributed by atoms with Crippen molar-refractivity contribution in [3.05, 3.63) is 11.9 Å². The number of aryl methyl sites for hydroxylation is 1. The summed E-state index contributed by atoms with van der Waals surface area (Å²) in [6.45, 7) is 5.40. The molecule has 2 amide bonds. The van der Waals surface area contributed by atoms with Crippen molar-refractivity contribution in [1.82, 2.24) is 25.2 Å². The van der Waals surface area contributed by atoms with E-state index in [1.165, 1.54) is 6.42 Å². The average Bonchev–Trinajstić information content (AvgIpc) is 3.30. The lowest BCUT2D eigenvalue weighted by molar-refractivity contribution is -0.136. The first-order valence-electron chi connectivity index (χ1n) is 9.06. The van der Waals surface area contributed by atoms with Gasteiger partial charge in [0, 0.05) is 31.1 Å². The Morgan fingerprint density at radius 3 is 2.79 bits per heavy atom. The number of nitrogens with zero attached hydrogens (tertiary/aromatic N) is 4. The van der Waals surface area contributed by atoms with Crippen molar-refractivity contribution in [2.75, 3.05) is 6.54 Å². The number of hydrogen-bond acceptors (Lipinski definition) is 4. The van der Waals surface area contributed by atoms with Gasteiger partial charge in [-0.25, -0.2) is 0 Å². The molecule has 0 bridgehead atoms. The fraction of sp³-hybridized carbons (Fsp3) is 0.765. The second-order valence-electron chi connectivity index (χ2n) is 7.24. The number of piperidine rings is 1. The zero-order chi connectivity index (χ0) is 17.1. The summed E-state index contributed by atoms with van der Waals surface area (Å²) in [6.07, 6.45) is 8.02. The SMILES string of the molecule is CC(C)NC(=O)c1cn(CC[C@@H]2CCCCN2C(=O)C2CC2)nn1. The molecule has 7 heteroatoms. The van der Waals surface area contributed by atoms with Crippen LogP contribution in [0.25, 0.3) is 0 Å². The van der Waals surface area contributed by atoms with Crippen LogP contribution in [0.4, 0.5) is 0 Å². The molecule has 0 radical (unpaired) electrons. The number of hydrogen-bond donors (Lipinski definition) is 1. The normalized spacial score (nSPS) is 21.1. The zero-order valence-electron chi connectivity index (χ0n) is 14.6.